The SMILES string of the molecule is CN(C)C(=O)c1ccc(N(CC#N)CC#N)c(N)c1. The van der Waals surface area contributed by atoms with Crippen LogP contribution in [0.3, 0.4) is 0 Å². The van der Waals surface area contributed by atoms with Gasteiger partial charge in [0.1, 0.15) is 13.1 Å². The topological polar surface area (TPSA) is 97.1 Å². The van der Waals surface area contributed by atoms with Crippen LogP contribution in [0.15, 0.2) is 18.2 Å². The molecule has 1 amide bonds. The van der Waals surface area contributed by atoms with Gasteiger partial charge in [-0.05, 0) is 18.2 Å². The van der Waals surface area contributed by atoms with Crippen molar-refractivity contribution in [1.29, 1.82) is 10.5 Å². The van der Waals surface area contributed by atoms with Crippen molar-refractivity contribution in [3.63, 3.8) is 0 Å². The first kappa shape index (κ1) is 14.3. The quantitative estimate of drug-likeness (QED) is 0.636. The van der Waals surface area contributed by atoms with E-state index >= 15 is 0 Å². The molecule has 19 heavy (non-hydrogen) atoms. The third kappa shape index (κ3) is 3.36. The molecule has 0 aliphatic heterocycles. The number of amides is 1. The molecule has 6 heteroatoms. The molecule has 0 aliphatic carbocycles. The number of nitriles is 2. The van der Waals surface area contributed by atoms with Crippen molar-refractivity contribution in [1.82, 2.24) is 4.90 Å². The maximum atomic E-state index is 11.8. The summed E-state index contributed by atoms with van der Waals surface area (Å²) >= 11 is 0. The zero-order chi connectivity index (χ0) is 14.4. The van der Waals surface area contributed by atoms with E-state index in [1.807, 2.05) is 12.1 Å². The van der Waals surface area contributed by atoms with Crippen molar-refractivity contribution in [3.05, 3.63) is 23.8 Å². The van der Waals surface area contributed by atoms with Crippen LogP contribution >= 0.6 is 0 Å². The minimum Gasteiger partial charge on any atom is -0.397 e. The molecular weight excluding hydrogens is 242 g/mol. The van der Waals surface area contributed by atoms with Gasteiger partial charge in [0, 0.05) is 19.7 Å². The fraction of sp³-hybridized carbons (Fsp3) is 0.308. The summed E-state index contributed by atoms with van der Waals surface area (Å²) < 4.78 is 0. The maximum absolute atomic E-state index is 11.8. The Morgan fingerprint density at radius 3 is 2.26 bits per heavy atom. The van der Waals surface area contributed by atoms with E-state index in [0.29, 0.717) is 16.9 Å². The smallest absolute Gasteiger partial charge is 0.253 e. The Morgan fingerprint density at radius 1 is 1.26 bits per heavy atom. The molecule has 0 saturated heterocycles. The van der Waals surface area contributed by atoms with Gasteiger partial charge >= 0.3 is 0 Å². The molecule has 0 aliphatic rings. The molecule has 0 aromatic heterocycles. The fourth-order valence-electron chi connectivity index (χ4n) is 1.63. The second-order valence-corrected chi connectivity index (χ2v) is 4.15. The van der Waals surface area contributed by atoms with Gasteiger partial charge in [0.25, 0.3) is 5.91 Å². The lowest BCUT2D eigenvalue weighted by Gasteiger charge is -2.21. The number of rotatable bonds is 4. The molecule has 0 heterocycles. The molecule has 0 fully saturated rings. The standard InChI is InChI=1S/C13H15N5O/c1-17(2)13(19)10-3-4-12(11(16)9-10)18(7-5-14)8-6-15/h3-4,9H,7-8,16H2,1-2H3. The number of benzene rings is 1. The van der Waals surface area contributed by atoms with Crippen LogP contribution in [0.4, 0.5) is 11.4 Å². The number of nitrogens with two attached hydrogens (primary N) is 1. The van der Waals surface area contributed by atoms with E-state index in [1.54, 1.807) is 37.2 Å². The zero-order valence-corrected chi connectivity index (χ0v) is 10.9. The van der Waals surface area contributed by atoms with Crippen LogP contribution in [0.1, 0.15) is 10.4 Å². The molecule has 0 unspecified atom stereocenters. The second kappa shape index (κ2) is 6.27. The van der Waals surface area contributed by atoms with Crippen LogP contribution < -0.4 is 10.6 Å². The zero-order valence-electron chi connectivity index (χ0n) is 10.9. The van der Waals surface area contributed by atoms with Gasteiger partial charge in [0.15, 0.2) is 0 Å². The molecule has 1 rings (SSSR count). The summed E-state index contributed by atoms with van der Waals surface area (Å²) in [5, 5.41) is 17.5. The lowest BCUT2D eigenvalue weighted by Crippen LogP contribution is -2.25. The summed E-state index contributed by atoms with van der Waals surface area (Å²) in [6, 6.07) is 8.80. The number of anilines is 2. The lowest BCUT2D eigenvalue weighted by atomic mass is 10.1. The van der Waals surface area contributed by atoms with Crippen molar-refractivity contribution in [3.8, 4) is 12.1 Å². The van der Waals surface area contributed by atoms with Crippen LogP contribution in [0.2, 0.25) is 0 Å². The van der Waals surface area contributed by atoms with E-state index in [1.165, 1.54) is 4.90 Å². The minimum absolute atomic E-state index is 0.0682. The molecule has 1 aromatic rings. The van der Waals surface area contributed by atoms with Crippen LogP contribution in [0.5, 0.6) is 0 Å². The monoisotopic (exact) mass is 257 g/mol. The van der Waals surface area contributed by atoms with Gasteiger partial charge in [-0.3, -0.25) is 4.79 Å². The predicted molar refractivity (Wildman–Crippen MR) is 72.3 cm³/mol. The number of nitrogens with zero attached hydrogens (tertiary/aromatic N) is 4. The van der Waals surface area contributed by atoms with Crippen molar-refractivity contribution in [2.75, 3.05) is 37.8 Å². The van der Waals surface area contributed by atoms with Crippen LogP contribution in [0, 0.1) is 22.7 Å². The Labute approximate surface area is 112 Å². The second-order valence-electron chi connectivity index (χ2n) is 4.15. The van der Waals surface area contributed by atoms with Crippen LogP contribution in [0.25, 0.3) is 0 Å². The number of nitrogen functional groups attached to an aromatic ring is 1. The Hall–Kier alpha value is -2.73. The Kier molecular flexibility index (Phi) is 4.73. The summed E-state index contributed by atoms with van der Waals surface area (Å²) in [6.07, 6.45) is 0. The van der Waals surface area contributed by atoms with Gasteiger partial charge in [0.2, 0.25) is 0 Å². The summed E-state index contributed by atoms with van der Waals surface area (Å²) in [6.45, 7) is 0.136. The number of hydrogen-bond donors (Lipinski definition) is 1. The first-order chi connectivity index (χ1) is 9.01. The van der Waals surface area contributed by atoms with E-state index in [-0.39, 0.29) is 19.0 Å². The van der Waals surface area contributed by atoms with Crippen LogP contribution in [-0.2, 0) is 0 Å². The third-order valence-corrected chi connectivity index (χ3v) is 2.54. The van der Waals surface area contributed by atoms with Gasteiger partial charge in [-0.25, -0.2) is 0 Å². The summed E-state index contributed by atoms with van der Waals surface area (Å²) in [4.78, 5) is 14.8. The Bertz CT molecular complexity index is 537. The maximum Gasteiger partial charge on any atom is 0.253 e. The molecule has 1 aromatic carbocycles. The first-order valence-electron chi connectivity index (χ1n) is 5.61. The average Bonchev–Trinajstić information content (AvgIpc) is 2.37. The van der Waals surface area contributed by atoms with E-state index < -0.39 is 0 Å². The predicted octanol–water partition coefficient (Wildman–Crippen LogP) is 0.824. The molecular formula is C13H15N5O. The van der Waals surface area contributed by atoms with Gasteiger partial charge in [0.05, 0.1) is 23.5 Å². The molecule has 98 valence electrons. The van der Waals surface area contributed by atoms with Gasteiger partial charge in [-0.2, -0.15) is 10.5 Å². The number of carbonyl (C=O) groups excluding carboxylic acids is 1. The van der Waals surface area contributed by atoms with Crippen molar-refractivity contribution < 1.29 is 4.79 Å². The van der Waals surface area contributed by atoms with Crippen LogP contribution in [-0.4, -0.2) is 38.0 Å². The minimum atomic E-state index is -0.148. The van der Waals surface area contributed by atoms with Crippen molar-refractivity contribution in [2.24, 2.45) is 0 Å². The molecule has 0 saturated carbocycles. The van der Waals surface area contributed by atoms with Gasteiger partial charge < -0.3 is 15.5 Å². The largest absolute Gasteiger partial charge is 0.397 e. The summed E-state index contributed by atoms with van der Waals surface area (Å²) in [5.74, 6) is -0.148. The number of hydrogen-bond acceptors (Lipinski definition) is 5. The highest BCUT2D eigenvalue weighted by Crippen LogP contribution is 2.24. The highest BCUT2D eigenvalue weighted by molar-refractivity contribution is 5.95. The normalized spacial score (nSPS) is 9.26. The third-order valence-electron chi connectivity index (χ3n) is 2.54. The van der Waals surface area contributed by atoms with Gasteiger partial charge in [-0.15, -0.1) is 0 Å². The van der Waals surface area contributed by atoms with Crippen molar-refractivity contribution in [2.45, 2.75) is 0 Å². The van der Waals surface area contributed by atoms with E-state index in [0.717, 1.165) is 0 Å². The van der Waals surface area contributed by atoms with E-state index in [2.05, 4.69) is 0 Å². The molecule has 0 bridgehead atoms. The highest BCUT2D eigenvalue weighted by Gasteiger charge is 2.13. The number of carbonyl (C=O) groups is 1. The molecule has 0 radical (unpaired) electrons. The van der Waals surface area contributed by atoms with Crippen molar-refractivity contribution >= 4 is 17.3 Å². The first-order valence-corrected chi connectivity index (χ1v) is 5.61. The van der Waals surface area contributed by atoms with E-state index in [9.17, 15) is 4.79 Å². The summed E-state index contributed by atoms with van der Waals surface area (Å²) in [7, 11) is 3.31. The summed E-state index contributed by atoms with van der Waals surface area (Å²) in [5.41, 5.74) is 7.32. The Morgan fingerprint density at radius 2 is 1.84 bits per heavy atom. The molecule has 0 atom stereocenters. The fourth-order valence-corrected chi connectivity index (χ4v) is 1.63. The molecule has 6 nitrogen and oxygen atoms in total. The Balaban J connectivity index is 3.09. The van der Waals surface area contributed by atoms with E-state index in [4.69, 9.17) is 16.3 Å². The highest BCUT2D eigenvalue weighted by atomic mass is 16.2. The molecule has 0 spiro atoms. The average molecular weight is 257 g/mol. The van der Waals surface area contributed by atoms with Gasteiger partial charge in [-0.1, -0.05) is 0 Å². The lowest BCUT2D eigenvalue weighted by molar-refractivity contribution is 0.0827. The molecule has 2 N–H and O–H groups in total.